The van der Waals surface area contributed by atoms with Gasteiger partial charge in [-0.2, -0.15) is 8.42 Å². The van der Waals surface area contributed by atoms with Crippen molar-refractivity contribution in [3.05, 3.63) is 23.8 Å². The highest BCUT2D eigenvalue weighted by Gasteiger charge is 2.26. The van der Waals surface area contributed by atoms with Crippen LogP contribution >= 0.6 is 0 Å². The van der Waals surface area contributed by atoms with Gasteiger partial charge in [0.05, 0.1) is 5.25 Å². The number of rotatable bonds is 15. The molecule has 0 fully saturated rings. The third-order valence-corrected chi connectivity index (χ3v) is 6.86. The Morgan fingerprint density at radius 1 is 0.926 bits per heavy atom. The van der Waals surface area contributed by atoms with Crippen LogP contribution in [-0.2, 0) is 10.1 Å². The zero-order valence-electron chi connectivity index (χ0n) is 17.4. The normalized spacial score (nSPS) is 12.9. The Balaban J connectivity index is 2.31. The van der Waals surface area contributed by atoms with Crippen molar-refractivity contribution in [3.8, 4) is 11.5 Å². The van der Waals surface area contributed by atoms with Gasteiger partial charge in [0.15, 0.2) is 11.5 Å². The molecule has 0 amide bonds. The maximum atomic E-state index is 12.5. The monoisotopic (exact) mass is 398 g/mol. The molecule has 0 aliphatic carbocycles. The molecule has 156 valence electrons. The average molecular weight is 399 g/mol. The van der Waals surface area contributed by atoms with E-state index in [4.69, 9.17) is 4.18 Å². The van der Waals surface area contributed by atoms with E-state index < -0.39 is 15.4 Å². The smallest absolute Gasteiger partial charge is 0.312 e. The van der Waals surface area contributed by atoms with Crippen LogP contribution in [0.4, 0.5) is 0 Å². The second-order valence-electron chi connectivity index (χ2n) is 7.55. The number of aryl methyl sites for hydroxylation is 1. The third kappa shape index (κ3) is 9.50. The van der Waals surface area contributed by atoms with Crippen molar-refractivity contribution < 1.29 is 17.7 Å². The first-order valence-electron chi connectivity index (χ1n) is 10.6. The van der Waals surface area contributed by atoms with E-state index in [1.54, 1.807) is 6.07 Å². The number of hydrogen-bond donors (Lipinski definition) is 1. The molecule has 0 aliphatic rings. The van der Waals surface area contributed by atoms with E-state index in [1.807, 2.05) is 13.8 Å². The topological polar surface area (TPSA) is 63.6 Å². The summed E-state index contributed by atoms with van der Waals surface area (Å²) in [6.07, 6.45) is 13.4. The molecule has 1 unspecified atom stereocenters. The molecule has 5 heteroatoms. The van der Waals surface area contributed by atoms with Gasteiger partial charge in [-0.05, 0) is 37.5 Å². The lowest BCUT2D eigenvalue weighted by atomic mass is 10.0. The molecule has 0 saturated carbocycles. The summed E-state index contributed by atoms with van der Waals surface area (Å²) >= 11 is 0. The number of phenols is 1. The third-order valence-electron chi connectivity index (χ3n) is 5.06. The molecule has 1 atom stereocenters. The second-order valence-corrected chi connectivity index (χ2v) is 9.37. The van der Waals surface area contributed by atoms with Gasteiger partial charge in [-0.15, -0.1) is 0 Å². The van der Waals surface area contributed by atoms with Crippen molar-refractivity contribution in [3.63, 3.8) is 0 Å². The van der Waals surface area contributed by atoms with Crippen molar-refractivity contribution in [2.24, 2.45) is 0 Å². The standard InChI is InChI=1S/C22H38O4S/c1-4-6-7-8-9-10-11-12-13-14-15-20(5-2)27(24,25)26-22-17-16-19(3)18-21(22)23/h16-18,20,23H,4-15H2,1-3H3. The molecule has 0 spiro atoms. The maximum absolute atomic E-state index is 12.5. The van der Waals surface area contributed by atoms with Gasteiger partial charge in [0.25, 0.3) is 0 Å². The minimum atomic E-state index is -3.73. The summed E-state index contributed by atoms with van der Waals surface area (Å²) in [6.45, 7) is 5.94. The highest BCUT2D eigenvalue weighted by molar-refractivity contribution is 7.87. The van der Waals surface area contributed by atoms with Gasteiger partial charge >= 0.3 is 10.1 Å². The molecule has 1 N–H and O–H groups in total. The van der Waals surface area contributed by atoms with Crippen LogP contribution in [0.15, 0.2) is 18.2 Å². The molecule has 1 aromatic rings. The van der Waals surface area contributed by atoms with Gasteiger partial charge in [0, 0.05) is 0 Å². The van der Waals surface area contributed by atoms with Crippen LogP contribution < -0.4 is 4.18 Å². The summed E-state index contributed by atoms with van der Waals surface area (Å²) in [5.74, 6) is -0.116. The summed E-state index contributed by atoms with van der Waals surface area (Å²) in [4.78, 5) is 0. The number of phenolic OH excluding ortho intramolecular Hbond substituents is 1. The van der Waals surface area contributed by atoms with E-state index in [0.29, 0.717) is 12.8 Å². The molecule has 0 heterocycles. The molecular weight excluding hydrogens is 360 g/mol. The largest absolute Gasteiger partial charge is 0.504 e. The Labute approximate surface area is 166 Å². The van der Waals surface area contributed by atoms with Gasteiger partial charge in [0.1, 0.15) is 0 Å². The SMILES string of the molecule is CCCCCCCCCCCCC(CC)S(=O)(=O)Oc1ccc(C)cc1O. The Kier molecular flexibility index (Phi) is 11.5. The minimum absolute atomic E-state index is 0.0159. The van der Waals surface area contributed by atoms with Crippen molar-refractivity contribution in [1.82, 2.24) is 0 Å². The first kappa shape index (κ1) is 23.8. The number of unbranched alkanes of at least 4 members (excludes halogenated alkanes) is 9. The molecule has 4 nitrogen and oxygen atoms in total. The lowest BCUT2D eigenvalue weighted by molar-refractivity contribution is 0.417. The zero-order valence-corrected chi connectivity index (χ0v) is 18.2. The molecule has 0 saturated heterocycles. The number of benzene rings is 1. The Bertz CT molecular complexity index is 625. The maximum Gasteiger partial charge on any atom is 0.312 e. The molecule has 1 aromatic carbocycles. The van der Waals surface area contributed by atoms with Gasteiger partial charge in [-0.25, -0.2) is 0 Å². The fourth-order valence-corrected chi connectivity index (χ4v) is 4.69. The quantitative estimate of drug-likeness (QED) is 0.270. The van der Waals surface area contributed by atoms with Crippen LogP contribution in [-0.4, -0.2) is 18.8 Å². The average Bonchev–Trinajstić information content (AvgIpc) is 2.62. The molecule has 1 rings (SSSR count). The van der Waals surface area contributed by atoms with E-state index in [1.165, 1.54) is 63.5 Å². The van der Waals surface area contributed by atoms with Gasteiger partial charge < -0.3 is 9.29 Å². The minimum Gasteiger partial charge on any atom is -0.504 e. The lowest BCUT2D eigenvalue weighted by Gasteiger charge is -2.17. The van der Waals surface area contributed by atoms with Crippen LogP contribution in [0.5, 0.6) is 11.5 Å². The van der Waals surface area contributed by atoms with Crippen molar-refractivity contribution in [2.45, 2.75) is 103 Å². The van der Waals surface area contributed by atoms with Crippen molar-refractivity contribution >= 4 is 10.1 Å². The van der Waals surface area contributed by atoms with Crippen LogP contribution in [0.1, 0.15) is 96.5 Å². The Morgan fingerprint density at radius 3 is 2.00 bits per heavy atom. The molecule has 0 radical (unpaired) electrons. The summed E-state index contributed by atoms with van der Waals surface area (Å²) in [6, 6.07) is 4.75. The number of aromatic hydroxyl groups is 1. The van der Waals surface area contributed by atoms with Crippen LogP contribution in [0, 0.1) is 6.92 Å². The molecule has 0 bridgehead atoms. The molecule has 0 aromatic heterocycles. The fraction of sp³-hybridized carbons (Fsp3) is 0.727. The first-order chi connectivity index (χ1) is 12.9. The molecule has 0 aliphatic heterocycles. The predicted molar refractivity (Wildman–Crippen MR) is 113 cm³/mol. The summed E-state index contributed by atoms with van der Waals surface area (Å²) in [5, 5.41) is 9.36. The van der Waals surface area contributed by atoms with Crippen molar-refractivity contribution in [2.75, 3.05) is 0 Å². The van der Waals surface area contributed by atoms with Crippen LogP contribution in [0.25, 0.3) is 0 Å². The van der Waals surface area contributed by atoms with E-state index in [9.17, 15) is 13.5 Å². The lowest BCUT2D eigenvalue weighted by Crippen LogP contribution is -2.25. The predicted octanol–water partition coefficient (Wildman–Crippen LogP) is 6.50. The van der Waals surface area contributed by atoms with Gasteiger partial charge in [-0.3, -0.25) is 0 Å². The first-order valence-corrected chi connectivity index (χ1v) is 12.1. The van der Waals surface area contributed by atoms with Crippen molar-refractivity contribution in [1.29, 1.82) is 0 Å². The molecular formula is C22H38O4S. The number of hydrogen-bond acceptors (Lipinski definition) is 4. The van der Waals surface area contributed by atoms with E-state index in [-0.39, 0.29) is 11.5 Å². The zero-order chi connectivity index (χ0) is 20.1. The summed E-state index contributed by atoms with van der Waals surface area (Å²) in [7, 11) is -3.73. The van der Waals surface area contributed by atoms with Crippen LogP contribution in [0.3, 0.4) is 0 Å². The Hall–Kier alpha value is -1.23. The second kappa shape index (κ2) is 13.0. The highest BCUT2D eigenvalue weighted by atomic mass is 32.2. The molecule has 27 heavy (non-hydrogen) atoms. The van der Waals surface area contributed by atoms with E-state index in [2.05, 4.69) is 6.92 Å². The van der Waals surface area contributed by atoms with Crippen LogP contribution in [0.2, 0.25) is 0 Å². The Morgan fingerprint density at radius 2 is 1.48 bits per heavy atom. The van der Waals surface area contributed by atoms with E-state index in [0.717, 1.165) is 18.4 Å². The van der Waals surface area contributed by atoms with E-state index >= 15 is 0 Å². The summed E-state index contributed by atoms with van der Waals surface area (Å²) < 4.78 is 30.3. The summed E-state index contributed by atoms with van der Waals surface area (Å²) in [5.41, 5.74) is 0.856. The van der Waals surface area contributed by atoms with Gasteiger partial charge in [0.2, 0.25) is 0 Å². The van der Waals surface area contributed by atoms with Gasteiger partial charge in [-0.1, -0.05) is 84.1 Å². The highest BCUT2D eigenvalue weighted by Crippen LogP contribution is 2.30. The fourth-order valence-electron chi connectivity index (χ4n) is 3.30.